The molecule has 9 heteroatoms. The maximum Gasteiger partial charge on any atom is 0.338 e. The third-order valence-electron chi connectivity index (χ3n) is 4.48. The molecule has 2 aliphatic heterocycles. The van der Waals surface area contributed by atoms with Gasteiger partial charge in [0.25, 0.3) is 0 Å². The van der Waals surface area contributed by atoms with Crippen molar-refractivity contribution in [1.82, 2.24) is 5.43 Å². The van der Waals surface area contributed by atoms with Crippen LogP contribution in [0.1, 0.15) is 28.8 Å². The van der Waals surface area contributed by atoms with Gasteiger partial charge in [-0.15, -0.1) is 0 Å². The van der Waals surface area contributed by atoms with Crippen LogP contribution in [0.4, 0.5) is 5.69 Å². The van der Waals surface area contributed by atoms with Crippen LogP contribution in [0.25, 0.3) is 0 Å². The fourth-order valence-electron chi connectivity index (χ4n) is 2.97. The number of amides is 2. The molecule has 2 heterocycles. The summed E-state index contributed by atoms with van der Waals surface area (Å²) in [6.45, 7) is 1.02. The van der Waals surface area contributed by atoms with Crippen molar-refractivity contribution < 1.29 is 28.6 Å². The zero-order chi connectivity index (χ0) is 20.4. The van der Waals surface area contributed by atoms with Crippen LogP contribution in [-0.2, 0) is 20.9 Å². The van der Waals surface area contributed by atoms with E-state index >= 15 is 0 Å². The molecule has 150 valence electrons. The number of hydrogen-bond donors (Lipinski definition) is 1. The number of fused-ring (bicyclic) bond motifs is 1. The number of carbonyl (C=O) groups excluding carboxylic acids is 3. The minimum atomic E-state index is -0.507. The van der Waals surface area contributed by atoms with Crippen molar-refractivity contribution in [3.05, 3.63) is 52.0 Å². The van der Waals surface area contributed by atoms with E-state index in [0.717, 1.165) is 10.0 Å². The van der Waals surface area contributed by atoms with Crippen LogP contribution in [0.15, 0.2) is 40.9 Å². The Hall–Kier alpha value is -3.07. The minimum Gasteiger partial charge on any atom is -0.486 e. The van der Waals surface area contributed by atoms with E-state index in [2.05, 4.69) is 21.4 Å². The van der Waals surface area contributed by atoms with Crippen LogP contribution in [0, 0.1) is 0 Å². The summed E-state index contributed by atoms with van der Waals surface area (Å²) in [6, 6.07) is 9.82. The maximum absolute atomic E-state index is 12.4. The first-order chi connectivity index (χ1) is 14.0. The molecule has 0 spiro atoms. The zero-order valence-electron chi connectivity index (χ0n) is 15.3. The van der Waals surface area contributed by atoms with E-state index in [1.165, 1.54) is 5.01 Å². The first kappa shape index (κ1) is 19.3. The number of halogens is 1. The number of benzene rings is 2. The Labute approximate surface area is 174 Å². The smallest absolute Gasteiger partial charge is 0.338 e. The topological polar surface area (TPSA) is 94.2 Å². The number of ether oxygens (including phenoxy) is 3. The highest BCUT2D eigenvalue weighted by molar-refractivity contribution is 9.10. The fraction of sp³-hybridized carbons (Fsp3) is 0.250. The number of rotatable bonds is 4. The van der Waals surface area contributed by atoms with Crippen molar-refractivity contribution in [1.29, 1.82) is 0 Å². The van der Waals surface area contributed by atoms with Crippen LogP contribution in [0.2, 0.25) is 0 Å². The van der Waals surface area contributed by atoms with Crippen LogP contribution in [-0.4, -0.2) is 31.0 Å². The monoisotopic (exact) mass is 460 g/mol. The van der Waals surface area contributed by atoms with E-state index < -0.39 is 5.97 Å². The molecule has 0 atom stereocenters. The van der Waals surface area contributed by atoms with Crippen LogP contribution in [0.3, 0.4) is 0 Å². The van der Waals surface area contributed by atoms with Crippen molar-refractivity contribution in [2.45, 2.75) is 19.4 Å². The number of hydrogen-bond acceptors (Lipinski definition) is 6. The average molecular weight is 461 g/mol. The summed E-state index contributed by atoms with van der Waals surface area (Å²) >= 11 is 3.45. The molecule has 29 heavy (non-hydrogen) atoms. The van der Waals surface area contributed by atoms with Gasteiger partial charge in [-0.25, -0.2) is 9.80 Å². The van der Waals surface area contributed by atoms with Gasteiger partial charge in [0.05, 0.1) is 11.3 Å². The standard InChI is InChI=1S/C20H17BrN2O6/c21-15-10-17-16(27-7-8-28-17)9-13(15)11-29-20(26)12-1-3-14(4-2-12)23-19(25)6-5-18(24)22-23/h1-4,9-10H,5-8,11H2,(H,22,24). The van der Waals surface area contributed by atoms with E-state index in [1.807, 2.05) is 0 Å². The summed E-state index contributed by atoms with van der Waals surface area (Å²) in [4.78, 5) is 35.8. The van der Waals surface area contributed by atoms with Gasteiger partial charge in [-0.05, 0) is 36.4 Å². The molecule has 1 fully saturated rings. The summed E-state index contributed by atoms with van der Waals surface area (Å²) in [5, 5.41) is 1.19. The molecular weight excluding hydrogens is 444 g/mol. The minimum absolute atomic E-state index is 0.0540. The molecule has 0 bridgehead atoms. The lowest BCUT2D eigenvalue weighted by Crippen LogP contribution is -2.50. The molecule has 0 saturated carbocycles. The molecule has 0 unspecified atom stereocenters. The summed E-state index contributed by atoms with van der Waals surface area (Å²) in [5.41, 5.74) is 4.07. The lowest BCUT2D eigenvalue weighted by Gasteiger charge is -2.27. The lowest BCUT2D eigenvalue weighted by molar-refractivity contribution is -0.130. The SMILES string of the molecule is O=C1CCC(=O)N(c2ccc(C(=O)OCc3cc4c(cc3Br)OCCO4)cc2)N1. The van der Waals surface area contributed by atoms with Crippen molar-refractivity contribution in [2.75, 3.05) is 18.2 Å². The molecule has 2 aliphatic rings. The van der Waals surface area contributed by atoms with Crippen LogP contribution in [0.5, 0.6) is 11.5 Å². The summed E-state index contributed by atoms with van der Waals surface area (Å²) in [6.07, 6.45) is 0.329. The average Bonchev–Trinajstić information content (AvgIpc) is 2.74. The molecule has 0 aromatic heterocycles. The van der Waals surface area contributed by atoms with Gasteiger partial charge >= 0.3 is 5.97 Å². The maximum atomic E-state index is 12.4. The normalized spacial score (nSPS) is 15.7. The highest BCUT2D eigenvalue weighted by atomic mass is 79.9. The number of esters is 1. The number of nitrogens with zero attached hydrogens (tertiary/aromatic N) is 1. The van der Waals surface area contributed by atoms with Gasteiger partial charge < -0.3 is 14.2 Å². The molecule has 2 aromatic carbocycles. The highest BCUT2D eigenvalue weighted by Gasteiger charge is 2.24. The second-order valence-corrected chi connectivity index (χ2v) is 7.33. The Kier molecular flexibility index (Phi) is 5.39. The number of nitrogens with one attached hydrogen (secondary N) is 1. The first-order valence-electron chi connectivity index (χ1n) is 8.99. The van der Waals surface area contributed by atoms with E-state index in [-0.39, 0.29) is 31.3 Å². The Bertz CT molecular complexity index is 976. The largest absolute Gasteiger partial charge is 0.486 e. The number of anilines is 1. The van der Waals surface area contributed by atoms with E-state index in [0.29, 0.717) is 36.0 Å². The number of hydrazine groups is 1. The molecule has 2 amide bonds. The van der Waals surface area contributed by atoms with E-state index in [4.69, 9.17) is 14.2 Å². The number of carbonyl (C=O) groups is 3. The fourth-order valence-corrected chi connectivity index (χ4v) is 3.41. The van der Waals surface area contributed by atoms with E-state index in [9.17, 15) is 14.4 Å². The molecule has 0 radical (unpaired) electrons. The molecule has 4 rings (SSSR count). The first-order valence-corrected chi connectivity index (χ1v) is 9.78. The third-order valence-corrected chi connectivity index (χ3v) is 5.22. The molecule has 8 nitrogen and oxygen atoms in total. The second-order valence-electron chi connectivity index (χ2n) is 6.47. The Morgan fingerprint density at radius 2 is 1.76 bits per heavy atom. The molecule has 0 aliphatic carbocycles. The summed E-state index contributed by atoms with van der Waals surface area (Å²) in [5.74, 6) is 0.324. The van der Waals surface area contributed by atoms with Gasteiger partial charge in [0.15, 0.2) is 11.5 Å². The van der Waals surface area contributed by atoms with Gasteiger partial charge in [-0.3, -0.25) is 15.0 Å². The summed E-state index contributed by atoms with van der Waals surface area (Å²) in [7, 11) is 0. The van der Waals surface area contributed by atoms with Crippen LogP contribution >= 0.6 is 15.9 Å². The quantitative estimate of drug-likeness (QED) is 0.704. The predicted octanol–water partition coefficient (Wildman–Crippen LogP) is 2.74. The molecular formula is C20H17BrN2O6. The van der Waals surface area contributed by atoms with Crippen molar-refractivity contribution >= 4 is 39.4 Å². The van der Waals surface area contributed by atoms with Gasteiger partial charge in [-0.2, -0.15) is 0 Å². The Balaban J connectivity index is 1.41. The third kappa shape index (κ3) is 4.19. The van der Waals surface area contributed by atoms with Gasteiger partial charge in [-0.1, -0.05) is 15.9 Å². The Morgan fingerprint density at radius 1 is 1.07 bits per heavy atom. The van der Waals surface area contributed by atoms with E-state index in [1.54, 1.807) is 36.4 Å². The van der Waals surface area contributed by atoms with Gasteiger partial charge in [0.1, 0.15) is 19.8 Å². The van der Waals surface area contributed by atoms with Gasteiger partial charge in [0, 0.05) is 22.9 Å². The van der Waals surface area contributed by atoms with Crippen molar-refractivity contribution in [3.63, 3.8) is 0 Å². The Morgan fingerprint density at radius 3 is 2.48 bits per heavy atom. The van der Waals surface area contributed by atoms with Crippen molar-refractivity contribution in [3.8, 4) is 11.5 Å². The summed E-state index contributed by atoms with van der Waals surface area (Å²) < 4.78 is 17.2. The predicted molar refractivity (Wildman–Crippen MR) is 106 cm³/mol. The molecule has 2 aromatic rings. The zero-order valence-corrected chi connectivity index (χ0v) is 16.9. The van der Waals surface area contributed by atoms with Gasteiger partial charge in [0.2, 0.25) is 11.8 Å². The van der Waals surface area contributed by atoms with Crippen LogP contribution < -0.4 is 19.9 Å². The molecule has 1 N–H and O–H groups in total. The van der Waals surface area contributed by atoms with Crippen molar-refractivity contribution in [2.24, 2.45) is 0 Å². The second kappa shape index (κ2) is 8.12. The molecule has 1 saturated heterocycles. The lowest BCUT2D eigenvalue weighted by atomic mass is 10.1. The highest BCUT2D eigenvalue weighted by Crippen LogP contribution is 2.35.